The third kappa shape index (κ3) is 3.04. The third-order valence-corrected chi connectivity index (χ3v) is 4.18. The predicted octanol–water partition coefficient (Wildman–Crippen LogP) is 2.26. The summed E-state index contributed by atoms with van der Waals surface area (Å²) in [6.07, 6.45) is 5.22. The lowest BCUT2D eigenvalue weighted by atomic mass is 10.1. The lowest BCUT2D eigenvalue weighted by molar-refractivity contribution is -0.143. The van der Waals surface area contributed by atoms with Crippen molar-refractivity contribution in [1.29, 1.82) is 0 Å². The molecule has 22 heavy (non-hydrogen) atoms. The molecule has 1 aliphatic rings. The molecule has 2 heterocycles. The molecule has 0 spiro atoms. The van der Waals surface area contributed by atoms with E-state index in [9.17, 15) is 4.79 Å². The maximum absolute atomic E-state index is 12.9. The summed E-state index contributed by atoms with van der Waals surface area (Å²) in [6.45, 7) is 1.53. The molecule has 0 aliphatic carbocycles. The van der Waals surface area contributed by atoms with Crippen LogP contribution in [0.25, 0.3) is 0 Å². The van der Waals surface area contributed by atoms with Gasteiger partial charge in [0.05, 0.1) is 12.6 Å². The van der Waals surface area contributed by atoms with E-state index in [4.69, 9.17) is 4.74 Å². The molecule has 1 amide bonds. The molecular formula is C17H21N3O2. The number of ether oxygens (including phenoxy) is 1. The van der Waals surface area contributed by atoms with Gasteiger partial charge < -0.3 is 9.64 Å². The number of carbonyl (C=O) groups excluding carboxylic acids is 1. The highest BCUT2D eigenvalue weighted by molar-refractivity contribution is 5.82. The molecule has 0 bridgehead atoms. The van der Waals surface area contributed by atoms with Crippen molar-refractivity contribution in [3.63, 3.8) is 0 Å². The maximum atomic E-state index is 12.9. The summed E-state index contributed by atoms with van der Waals surface area (Å²) in [5.74, 6) is 0.0448. The molecule has 5 nitrogen and oxygen atoms in total. The van der Waals surface area contributed by atoms with Crippen LogP contribution in [0.15, 0.2) is 48.8 Å². The lowest BCUT2D eigenvalue weighted by Gasteiger charge is -2.28. The number of carbonyl (C=O) groups is 1. The van der Waals surface area contributed by atoms with Gasteiger partial charge in [-0.1, -0.05) is 30.3 Å². The molecule has 1 saturated heterocycles. The Hall–Kier alpha value is -2.14. The summed E-state index contributed by atoms with van der Waals surface area (Å²) in [5.41, 5.74) is 0.903. The molecule has 0 N–H and O–H groups in total. The highest BCUT2D eigenvalue weighted by Gasteiger charge is 2.34. The molecule has 2 atom stereocenters. The quantitative estimate of drug-likeness (QED) is 0.851. The minimum atomic E-state index is -0.528. The molecule has 1 aromatic heterocycles. The van der Waals surface area contributed by atoms with Crippen LogP contribution in [0.2, 0.25) is 0 Å². The van der Waals surface area contributed by atoms with Crippen molar-refractivity contribution in [3.8, 4) is 0 Å². The zero-order valence-electron chi connectivity index (χ0n) is 12.8. The van der Waals surface area contributed by atoms with E-state index in [1.165, 1.54) is 0 Å². The van der Waals surface area contributed by atoms with E-state index in [2.05, 4.69) is 5.10 Å². The number of amides is 1. The second kappa shape index (κ2) is 6.75. The summed E-state index contributed by atoms with van der Waals surface area (Å²) in [4.78, 5) is 14.8. The van der Waals surface area contributed by atoms with Crippen molar-refractivity contribution in [3.05, 3.63) is 54.4 Å². The first-order valence-electron chi connectivity index (χ1n) is 7.65. The SMILES string of the molecule is CO[C@H](C(=O)N1CCC[C@H]1Cn1cccn1)c1ccccc1. The third-order valence-electron chi connectivity index (χ3n) is 4.18. The molecule has 3 rings (SSSR count). The fraction of sp³-hybridized carbons (Fsp3) is 0.412. The highest BCUT2D eigenvalue weighted by Crippen LogP contribution is 2.26. The van der Waals surface area contributed by atoms with E-state index in [0.717, 1.165) is 31.5 Å². The van der Waals surface area contributed by atoms with Gasteiger partial charge in [0.15, 0.2) is 6.10 Å². The zero-order valence-corrected chi connectivity index (χ0v) is 12.8. The Labute approximate surface area is 130 Å². The molecule has 5 heteroatoms. The van der Waals surface area contributed by atoms with Crippen molar-refractivity contribution in [2.45, 2.75) is 31.5 Å². The van der Waals surface area contributed by atoms with E-state index in [1.54, 1.807) is 13.3 Å². The number of methoxy groups -OCH3 is 1. The Morgan fingerprint density at radius 2 is 2.18 bits per heavy atom. The summed E-state index contributed by atoms with van der Waals surface area (Å²) < 4.78 is 7.37. The molecule has 0 unspecified atom stereocenters. The van der Waals surface area contributed by atoms with E-state index < -0.39 is 6.10 Å². The second-order valence-electron chi connectivity index (χ2n) is 5.58. The zero-order chi connectivity index (χ0) is 15.4. The fourth-order valence-corrected chi connectivity index (χ4v) is 3.10. The summed E-state index contributed by atoms with van der Waals surface area (Å²) in [7, 11) is 1.59. The Bertz CT molecular complexity index is 598. The number of likely N-dealkylation sites (tertiary alicyclic amines) is 1. The number of benzene rings is 1. The average Bonchev–Trinajstić information content (AvgIpc) is 3.21. The minimum absolute atomic E-state index is 0.0448. The first kappa shape index (κ1) is 14.8. The number of hydrogen-bond donors (Lipinski definition) is 0. The Morgan fingerprint density at radius 1 is 1.36 bits per heavy atom. The number of nitrogens with zero attached hydrogens (tertiary/aromatic N) is 3. The maximum Gasteiger partial charge on any atom is 0.256 e. The fourth-order valence-electron chi connectivity index (χ4n) is 3.10. The molecule has 1 aromatic carbocycles. The van der Waals surface area contributed by atoms with E-state index >= 15 is 0 Å². The number of aromatic nitrogens is 2. The topological polar surface area (TPSA) is 47.4 Å². The van der Waals surface area contributed by atoms with Crippen LogP contribution in [0.5, 0.6) is 0 Å². The van der Waals surface area contributed by atoms with Gasteiger partial charge in [0.25, 0.3) is 5.91 Å². The van der Waals surface area contributed by atoms with Gasteiger partial charge in [-0.3, -0.25) is 9.48 Å². The molecule has 0 saturated carbocycles. The molecule has 1 aliphatic heterocycles. The minimum Gasteiger partial charge on any atom is -0.367 e. The standard InChI is InChI=1S/C17H21N3O2/c1-22-16(14-7-3-2-4-8-14)17(21)20-12-5-9-15(20)13-19-11-6-10-18-19/h2-4,6-8,10-11,15-16H,5,9,12-13H2,1H3/t15-,16-/m0/s1. The van der Waals surface area contributed by atoms with Crippen molar-refractivity contribution in [2.75, 3.05) is 13.7 Å². The highest BCUT2D eigenvalue weighted by atomic mass is 16.5. The monoisotopic (exact) mass is 299 g/mol. The van der Waals surface area contributed by atoms with Gasteiger partial charge in [-0.25, -0.2) is 0 Å². The normalized spacial score (nSPS) is 19.3. The Kier molecular flexibility index (Phi) is 4.53. The molecule has 116 valence electrons. The van der Waals surface area contributed by atoms with Crippen LogP contribution >= 0.6 is 0 Å². The largest absolute Gasteiger partial charge is 0.367 e. The van der Waals surface area contributed by atoms with Gasteiger partial charge in [-0.15, -0.1) is 0 Å². The van der Waals surface area contributed by atoms with Crippen molar-refractivity contribution < 1.29 is 9.53 Å². The first-order chi connectivity index (χ1) is 10.8. The van der Waals surface area contributed by atoms with Crippen LogP contribution in [0.4, 0.5) is 0 Å². The van der Waals surface area contributed by atoms with Gasteiger partial charge in [-0.2, -0.15) is 5.10 Å². The van der Waals surface area contributed by atoms with Crippen LogP contribution in [-0.4, -0.2) is 40.3 Å². The second-order valence-corrected chi connectivity index (χ2v) is 5.58. The first-order valence-corrected chi connectivity index (χ1v) is 7.65. The Morgan fingerprint density at radius 3 is 2.86 bits per heavy atom. The van der Waals surface area contributed by atoms with Crippen molar-refractivity contribution in [2.24, 2.45) is 0 Å². The summed E-state index contributed by atoms with van der Waals surface area (Å²) in [6, 6.07) is 11.8. The van der Waals surface area contributed by atoms with E-state index in [0.29, 0.717) is 0 Å². The smallest absolute Gasteiger partial charge is 0.256 e. The van der Waals surface area contributed by atoms with Crippen LogP contribution in [0.3, 0.4) is 0 Å². The Balaban J connectivity index is 1.74. The predicted molar refractivity (Wildman–Crippen MR) is 83.2 cm³/mol. The van der Waals surface area contributed by atoms with Gasteiger partial charge in [-0.05, 0) is 24.5 Å². The molecular weight excluding hydrogens is 278 g/mol. The van der Waals surface area contributed by atoms with Crippen LogP contribution in [-0.2, 0) is 16.1 Å². The number of hydrogen-bond acceptors (Lipinski definition) is 3. The van der Waals surface area contributed by atoms with Gasteiger partial charge in [0.1, 0.15) is 0 Å². The van der Waals surface area contributed by atoms with Crippen LogP contribution < -0.4 is 0 Å². The average molecular weight is 299 g/mol. The summed E-state index contributed by atoms with van der Waals surface area (Å²) in [5, 5.41) is 4.24. The van der Waals surface area contributed by atoms with Crippen LogP contribution in [0, 0.1) is 0 Å². The van der Waals surface area contributed by atoms with E-state index in [1.807, 2.05) is 52.2 Å². The van der Waals surface area contributed by atoms with Gasteiger partial charge >= 0.3 is 0 Å². The van der Waals surface area contributed by atoms with Crippen LogP contribution in [0.1, 0.15) is 24.5 Å². The van der Waals surface area contributed by atoms with E-state index in [-0.39, 0.29) is 11.9 Å². The number of rotatable bonds is 5. The lowest BCUT2D eigenvalue weighted by Crippen LogP contribution is -2.41. The molecule has 2 aromatic rings. The molecule has 0 radical (unpaired) electrons. The van der Waals surface area contributed by atoms with Gasteiger partial charge in [0.2, 0.25) is 0 Å². The molecule has 1 fully saturated rings. The van der Waals surface area contributed by atoms with Crippen molar-refractivity contribution in [1.82, 2.24) is 14.7 Å². The summed E-state index contributed by atoms with van der Waals surface area (Å²) >= 11 is 0. The van der Waals surface area contributed by atoms with Gasteiger partial charge in [0, 0.05) is 26.0 Å². The van der Waals surface area contributed by atoms with Crippen molar-refractivity contribution >= 4 is 5.91 Å².